The smallest absolute Gasteiger partial charge is 0.257 e. The quantitative estimate of drug-likeness (QED) is 0.901. The molecule has 2 aromatic rings. The van der Waals surface area contributed by atoms with E-state index in [9.17, 15) is 4.79 Å². The summed E-state index contributed by atoms with van der Waals surface area (Å²) in [6.07, 6.45) is 5.61. The molecule has 0 radical (unpaired) electrons. The van der Waals surface area contributed by atoms with Crippen molar-refractivity contribution in [3.05, 3.63) is 40.9 Å². The molecule has 2 aromatic heterocycles. The molecule has 1 aliphatic rings. The first-order valence-electron chi connectivity index (χ1n) is 9.00. The third-order valence-electron chi connectivity index (χ3n) is 4.58. The van der Waals surface area contributed by atoms with Crippen LogP contribution in [-0.4, -0.2) is 29.1 Å². The maximum atomic E-state index is 12.5. The number of rotatable bonds is 5. The third-order valence-corrected chi connectivity index (χ3v) is 4.58. The first kappa shape index (κ1) is 17.5. The Labute approximate surface area is 148 Å². The number of amides is 1. The number of nitrogens with zero attached hydrogens (tertiary/aromatic N) is 3. The van der Waals surface area contributed by atoms with Gasteiger partial charge in [0.2, 0.25) is 0 Å². The minimum atomic E-state index is -0.150. The molecule has 1 aliphatic heterocycles. The number of nitrogens with one attached hydrogen (secondary N) is 1. The average molecular weight is 342 g/mol. The van der Waals surface area contributed by atoms with E-state index in [1.807, 2.05) is 32.2 Å². The number of pyridine rings is 1. The monoisotopic (exact) mass is 342 g/mol. The van der Waals surface area contributed by atoms with E-state index in [2.05, 4.69) is 20.4 Å². The Hall–Kier alpha value is -2.37. The van der Waals surface area contributed by atoms with E-state index in [1.54, 1.807) is 6.92 Å². The number of hydrogen-bond acceptors (Lipinski definition) is 5. The van der Waals surface area contributed by atoms with E-state index in [4.69, 9.17) is 4.52 Å². The van der Waals surface area contributed by atoms with Crippen molar-refractivity contribution in [2.75, 3.05) is 18.0 Å². The summed E-state index contributed by atoms with van der Waals surface area (Å²) in [6, 6.07) is 4.07. The van der Waals surface area contributed by atoms with Gasteiger partial charge in [-0.1, -0.05) is 25.1 Å². The van der Waals surface area contributed by atoms with Gasteiger partial charge in [0.15, 0.2) is 5.76 Å². The van der Waals surface area contributed by atoms with Gasteiger partial charge >= 0.3 is 0 Å². The highest BCUT2D eigenvalue weighted by Crippen LogP contribution is 2.22. The van der Waals surface area contributed by atoms with Gasteiger partial charge in [-0.05, 0) is 37.8 Å². The van der Waals surface area contributed by atoms with Crippen LogP contribution in [0.15, 0.2) is 22.9 Å². The van der Waals surface area contributed by atoms with Crippen LogP contribution in [0.4, 0.5) is 5.82 Å². The predicted octanol–water partition coefficient (Wildman–Crippen LogP) is 3.42. The number of piperidine rings is 1. The van der Waals surface area contributed by atoms with E-state index in [0.29, 0.717) is 23.6 Å². The van der Waals surface area contributed by atoms with Gasteiger partial charge in [-0.25, -0.2) is 4.98 Å². The zero-order chi connectivity index (χ0) is 17.8. The van der Waals surface area contributed by atoms with Gasteiger partial charge in [0.05, 0.1) is 5.69 Å². The number of carbonyl (C=O) groups is 1. The first-order chi connectivity index (χ1) is 12.1. The zero-order valence-corrected chi connectivity index (χ0v) is 15.2. The van der Waals surface area contributed by atoms with Gasteiger partial charge in [0.1, 0.15) is 11.4 Å². The summed E-state index contributed by atoms with van der Waals surface area (Å²) >= 11 is 0. The fraction of sp³-hybridized carbons (Fsp3) is 0.526. The maximum absolute atomic E-state index is 12.5. The van der Waals surface area contributed by atoms with Gasteiger partial charge in [0.25, 0.3) is 5.91 Å². The topological polar surface area (TPSA) is 71.3 Å². The highest BCUT2D eigenvalue weighted by molar-refractivity contribution is 5.96. The lowest BCUT2D eigenvalue weighted by Gasteiger charge is -2.27. The summed E-state index contributed by atoms with van der Waals surface area (Å²) in [5.41, 5.74) is 2.15. The first-order valence-corrected chi connectivity index (χ1v) is 9.00. The van der Waals surface area contributed by atoms with Gasteiger partial charge in [-0.2, -0.15) is 0 Å². The summed E-state index contributed by atoms with van der Waals surface area (Å²) in [4.78, 5) is 19.4. The van der Waals surface area contributed by atoms with Crippen LogP contribution < -0.4 is 10.2 Å². The summed E-state index contributed by atoms with van der Waals surface area (Å²) in [5, 5.41) is 6.87. The van der Waals surface area contributed by atoms with Crippen molar-refractivity contribution >= 4 is 11.7 Å². The van der Waals surface area contributed by atoms with Crippen LogP contribution in [0.2, 0.25) is 0 Å². The van der Waals surface area contributed by atoms with E-state index in [1.165, 1.54) is 19.3 Å². The SMILES string of the molecule is Cc1noc(C(C)C)c1C(=O)NCc1ccc(N2CCCCC2)nc1. The molecule has 3 rings (SSSR count). The summed E-state index contributed by atoms with van der Waals surface area (Å²) in [7, 11) is 0. The number of hydrogen-bond donors (Lipinski definition) is 1. The molecule has 134 valence electrons. The Morgan fingerprint density at radius 3 is 2.68 bits per heavy atom. The molecule has 1 fully saturated rings. The molecular weight excluding hydrogens is 316 g/mol. The fourth-order valence-corrected chi connectivity index (χ4v) is 3.16. The average Bonchev–Trinajstić information content (AvgIpc) is 3.03. The van der Waals surface area contributed by atoms with Crippen molar-refractivity contribution < 1.29 is 9.32 Å². The molecule has 0 saturated carbocycles. The van der Waals surface area contributed by atoms with E-state index < -0.39 is 0 Å². The highest BCUT2D eigenvalue weighted by Gasteiger charge is 2.22. The predicted molar refractivity (Wildman–Crippen MR) is 96.8 cm³/mol. The molecular formula is C19H26N4O2. The Bertz CT molecular complexity index is 716. The number of anilines is 1. The lowest BCUT2D eigenvalue weighted by atomic mass is 10.0. The zero-order valence-electron chi connectivity index (χ0n) is 15.2. The van der Waals surface area contributed by atoms with Crippen molar-refractivity contribution in [3.63, 3.8) is 0 Å². The molecule has 6 nitrogen and oxygen atoms in total. The second kappa shape index (κ2) is 7.68. The molecule has 25 heavy (non-hydrogen) atoms. The van der Waals surface area contributed by atoms with Crippen LogP contribution in [0.1, 0.15) is 66.4 Å². The summed E-state index contributed by atoms with van der Waals surface area (Å²) < 4.78 is 5.28. The molecule has 0 bridgehead atoms. The molecule has 1 saturated heterocycles. The summed E-state index contributed by atoms with van der Waals surface area (Å²) in [6.45, 7) is 8.36. The third kappa shape index (κ3) is 4.00. The van der Waals surface area contributed by atoms with Crippen LogP contribution in [0, 0.1) is 6.92 Å². The van der Waals surface area contributed by atoms with Crippen LogP contribution in [-0.2, 0) is 6.54 Å². The van der Waals surface area contributed by atoms with Gasteiger partial charge in [-0.3, -0.25) is 4.79 Å². The molecule has 6 heteroatoms. The van der Waals surface area contributed by atoms with E-state index in [0.717, 1.165) is 24.5 Å². The van der Waals surface area contributed by atoms with Gasteiger partial charge < -0.3 is 14.7 Å². The molecule has 3 heterocycles. The molecule has 1 amide bonds. The number of aryl methyl sites for hydroxylation is 1. The van der Waals surface area contributed by atoms with Crippen molar-refractivity contribution in [3.8, 4) is 0 Å². The van der Waals surface area contributed by atoms with Crippen molar-refractivity contribution in [1.29, 1.82) is 0 Å². The fourth-order valence-electron chi connectivity index (χ4n) is 3.16. The van der Waals surface area contributed by atoms with Crippen molar-refractivity contribution in [2.24, 2.45) is 0 Å². The van der Waals surface area contributed by atoms with E-state index in [-0.39, 0.29) is 11.8 Å². The number of carbonyl (C=O) groups excluding carboxylic acids is 1. The number of aromatic nitrogens is 2. The second-order valence-electron chi connectivity index (χ2n) is 6.92. The second-order valence-corrected chi connectivity index (χ2v) is 6.92. The Morgan fingerprint density at radius 1 is 1.28 bits per heavy atom. The Morgan fingerprint density at radius 2 is 2.04 bits per heavy atom. The van der Waals surface area contributed by atoms with Crippen LogP contribution >= 0.6 is 0 Å². The molecule has 0 aromatic carbocycles. The van der Waals surface area contributed by atoms with E-state index >= 15 is 0 Å². The summed E-state index contributed by atoms with van der Waals surface area (Å²) in [5.74, 6) is 1.62. The minimum absolute atomic E-state index is 0.118. The molecule has 0 aliphatic carbocycles. The van der Waals surface area contributed by atoms with Gasteiger partial charge in [-0.15, -0.1) is 0 Å². The van der Waals surface area contributed by atoms with Crippen LogP contribution in [0.3, 0.4) is 0 Å². The molecule has 0 spiro atoms. The largest absolute Gasteiger partial charge is 0.360 e. The Kier molecular flexibility index (Phi) is 5.36. The van der Waals surface area contributed by atoms with Crippen LogP contribution in [0.25, 0.3) is 0 Å². The lowest BCUT2D eigenvalue weighted by Crippen LogP contribution is -2.30. The molecule has 0 atom stereocenters. The maximum Gasteiger partial charge on any atom is 0.257 e. The molecule has 1 N–H and O–H groups in total. The van der Waals surface area contributed by atoms with Crippen molar-refractivity contribution in [2.45, 2.75) is 52.5 Å². The standard InChI is InChI=1S/C19H26N4O2/c1-13(2)18-17(14(3)22-25-18)19(24)21-12-15-7-8-16(20-11-15)23-9-5-4-6-10-23/h7-8,11,13H,4-6,9-10,12H2,1-3H3,(H,21,24). The minimum Gasteiger partial charge on any atom is -0.360 e. The Balaban J connectivity index is 1.62. The molecule has 0 unspecified atom stereocenters. The van der Waals surface area contributed by atoms with Crippen molar-refractivity contribution in [1.82, 2.24) is 15.5 Å². The highest BCUT2D eigenvalue weighted by atomic mass is 16.5. The van der Waals surface area contributed by atoms with Crippen LogP contribution in [0.5, 0.6) is 0 Å². The normalized spacial score (nSPS) is 14.8. The lowest BCUT2D eigenvalue weighted by molar-refractivity contribution is 0.0948. The van der Waals surface area contributed by atoms with Gasteiger partial charge in [0, 0.05) is 31.7 Å².